The highest BCUT2D eigenvalue weighted by Gasteiger charge is 2.10. The number of nitrogens with one attached hydrogen (secondary N) is 1. The highest BCUT2D eigenvalue weighted by Crippen LogP contribution is 2.16. The minimum atomic E-state index is 0.710. The molecule has 1 aromatic rings. The van der Waals surface area contributed by atoms with Gasteiger partial charge in [0, 0.05) is 11.1 Å². The summed E-state index contributed by atoms with van der Waals surface area (Å²) in [5, 5.41) is 4.49. The lowest BCUT2D eigenvalue weighted by molar-refractivity contribution is 0.478. The molecule has 1 aliphatic heterocycles. The Labute approximate surface area is 103 Å². The third-order valence-electron chi connectivity index (χ3n) is 3.33. The Morgan fingerprint density at radius 1 is 1.25 bits per heavy atom. The summed E-state index contributed by atoms with van der Waals surface area (Å²) in [5.41, 5.74) is 1.36. The molecule has 0 spiro atoms. The molecule has 0 amide bonds. The van der Waals surface area contributed by atoms with Crippen LogP contribution in [-0.4, -0.2) is 12.6 Å². The van der Waals surface area contributed by atoms with Crippen molar-refractivity contribution in [3.8, 4) is 0 Å². The van der Waals surface area contributed by atoms with Gasteiger partial charge in [0.25, 0.3) is 0 Å². The summed E-state index contributed by atoms with van der Waals surface area (Å²) in [6.07, 6.45) is 7.82. The standard InChI is InChI=1S/C14H20ClN/c15-13-6-4-5-12(11-13)8-9-14-7-2-1-3-10-16-14/h4-6,11,14,16H,1-3,7-10H2. The first kappa shape index (κ1) is 11.9. The first-order valence-electron chi connectivity index (χ1n) is 6.32. The monoisotopic (exact) mass is 237 g/mol. The third-order valence-corrected chi connectivity index (χ3v) is 3.57. The number of aryl methyl sites for hydroxylation is 1. The van der Waals surface area contributed by atoms with Gasteiger partial charge in [-0.2, -0.15) is 0 Å². The van der Waals surface area contributed by atoms with Gasteiger partial charge in [-0.1, -0.05) is 36.6 Å². The lowest BCUT2D eigenvalue weighted by Crippen LogP contribution is -2.28. The van der Waals surface area contributed by atoms with Crippen molar-refractivity contribution in [3.63, 3.8) is 0 Å². The highest BCUT2D eigenvalue weighted by atomic mass is 35.5. The van der Waals surface area contributed by atoms with Crippen molar-refractivity contribution < 1.29 is 0 Å². The quantitative estimate of drug-likeness (QED) is 0.843. The van der Waals surface area contributed by atoms with E-state index >= 15 is 0 Å². The molecule has 1 fully saturated rings. The van der Waals surface area contributed by atoms with Crippen LogP contribution >= 0.6 is 11.6 Å². The van der Waals surface area contributed by atoms with Crippen LogP contribution in [0.1, 0.15) is 37.7 Å². The maximum Gasteiger partial charge on any atom is 0.0408 e. The average molecular weight is 238 g/mol. The fourth-order valence-electron chi connectivity index (χ4n) is 2.38. The van der Waals surface area contributed by atoms with Crippen molar-refractivity contribution in [1.82, 2.24) is 5.32 Å². The van der Waals surface area contributed by atoms with Gasteiger partial charge in [0.15, 0.2) is 0 Å². The maximum atomic E-state index is 5.98. The second-order valence-electron chi connectivity index (χ2n) is 4.67. The molecule has 1 aromatic carbocycles. The summed E-state index contributed by atoms with van der Waals surface area (Å²) in [6, 6.07) is 8.94. The molecule has 1 unspecified atom stereocenters. The number of benzene rings is 1. The van der Waals surface area contributed by atoms with Crippen LogP contribution in [0.4, 0.5) is 0 Å². The second-order valence-corrected chi connectivity index (χ2v) is 5.11. The molecule has 0 aliphatic carbocycles. The molecule has 0 saturated carbocycles. The molecule has 2 heteroatoms. The Morgan fingerprint density at radius 3 is 3.06 bits per heavy atom. The van der Waals surface area contributed by atoms with Crippen molar-refractivity contribution in [2.75, 3.05) is 6.54 Å². The summed E-state index contributed by atoms with van der Waals surface area (Å²) in [7, 11) is 0. The molecule has 88 valence electrons. The van der Waals surface area contributed by atoms with E-state index in [4.69, 9.17) is 11.6 Å². The fraction of sp³-hybridized carbons (Fsp3) is 0.571. The van der Waals surface area contributed by atoms with Gasteiger partial charge in [0.1, 0.15) is 0 Å². The van der Waals surface area contributed by atoms with Gasteiger partial charge in [-0.05, 0) is 49.9 Å². The normalized spacial score (nSPS) is 21.7. The first-order chi connectivity index (χ1) is 7.84. The molecule has 1 atom stereocenters. The fourth-order valence-corrected chi connectivity index (χ4v) is 2.59. The van der Waals surface area contributed by atoms with Crippen LogP contribution in [0.2, 0.25) is 5.02 Å². The minimum Gasteiger partial charge on any atom is -0.314 e. The molecule has 0 radical (unpaired) electrons. The zero-order chi connectivity index (χ0) is 11.2. The van der Waals surface area contributed by atoms with Gasteiger partial charge in [-0.15, -0.1) is 0 Å². The van der Waals surface area contributed by atoms with Crippen LogP contribution in [0.3, 0.4) is 0 Å². The highest BCUT2D eigenvalue weighted by molar-refractivity contribution is 6.30. The van der Waals surface area contributed by atoms with E-state index in [0.29, 0.717) is 6.04 Å². The SMILES string of the molecule is Clc1cccc(CCC2CCCCCN2)c1. The number of halogens is 1. The summed E-state index contributed by atoms with van der Waals surface area (Å²) >= 11 is 5.98. The Morgan fingerprint density at radius 2 is 2.19 bits per heavy atom. The average Bonchev–Trinajstić information content (AvgIpc) is 2.55. The van der Waals surface area contributed by atoms with E-state index in [1.54, 1.807) is 0 Å². The van der Waals surface area contributed by atoms with Gasteiger partial charge in [-0.3, -0.25) is 0 Å². The Kier molecular flexibility index (Phi) is 4.68. The summed E-state index contributed by atoms with van der Waals surface area (Å²) in [4.78, 5) is 0. The van der Waals surface area contributed by atoms with Crippen molar-refractivity contribution in [3.05, 3.63) is 34.9 Å². The maximum absolute atomic E-state index is 5.98. The van der Waals surface area contributed by atoms with Gasteiger partial charge in [0.2, 0.25) is 0 Å². The molecular formula is C14H20ClN. The number of rotatable bonds is 3. The van der Waals surface area contributed by atoms with Crippen LogP contribution in [0, 0.1) is 0 Å². The number of hydrogen-bond acceptors (Lipinski definition) is 1. The van der Waals surface area contributed by atoms with Crippen LogP contribution < -0.4 is 5.32 Å². The lowest BCUT2D eigenvalue weighted by atomic mass is 10.0. The van der Waals surface area contributed by atoms with E-state index in [9.17, 15) is 0 Å². The first-order valence-corrected chi connectivity index (χ1v) is 6.70. The molecule has 0 aromatic heterocycles. The topological polar surface area (TPSA) is 12.0 Å². The molecule has 1 N–H and O–H groups in total. The molecule has 1 nitrogen and oxygen atoms in total. The minimum absolute atomic E-state index is 0.710. The molecule has 0 bridgehead atoms. The Bertz CT molecular complexity index is 316. The largest absolute Gasteiger partial charge is 0.314 e. The van der Waals surface area contributed by atoms with Gasteiger partial charge >= 0.3 is 0 Å². The van der Waals surface area contributed by atoms with Crippen molar-refractivity contribution >= 4 is 11.6 Å². The molecular weight excluding hydrogens is 218 g/mol. The summed E-state index contributed by atoms with van der Waals surface area (Å²) < 4.78 is 0. The van der Waals surface area contributed by atoms with Gasteiger partial charge < -0.3 is 5.32 Å². The van der Waals surface area contributed by atoms with Crippen LogP contribution in [0.5, 0.6) is 0 Å². The molecule has 1 saturated heterocycles. The predicted octanol–water partition coefficient (Wildman–Crippen LogP) is 3.80. The zero-order valence-corrected chi connectivity index (χ0v) is 10.5. The molecule has 2 rings (SSSR count). The predicted molar refractivity (Wildman–Crippen MR) is 70.0 cm³/mol. The third kappa shape index (κ3) is 3.80. The zero-order valence-electron chi connectivity index (χ0n) is 9.71. The van der Waals surface area contributed by atoms with Crippen LogP contribution in [0.15, 0.2) is 24.3 Å². The summed E-state index contributed by atoms with van der Waals surface area (Å²) in [6.45, 7) is 1.19. The van der Waals surface area contributed by atoms with E-state index in [2.05, 4.69) is 17.4 Å². The summed E-state index contributed by atoms with van der Waals surface area (Å²) in [5.74, 6) is 0. The van der Waals surface area contributed by atoms with Crippen molar-refractivity contribution in [2.24, 2.45) is 0 Å². The van der Waals surface area contributed by atoms with E-state index in [1.165, 1.54) is 44.2 Å². The van der Waals surface area contributed by atoms with E-state index in [0.717, 1.165) is 11.4 Å². The Balaban J connectivity index is 1.81. The van der Waals surface area contributed by atoms with E-state index in [1.807, 2.05) is 12.1 Å². The van der Waals surface area contributed by atoms with Crippen molar-refractivity contribution in [1.29, 1.82) is 0 Å². The molecule has 1 aliphatic rings. The lowest BCUT2D eigenvalue weighted by Gasteiger charge is -2.15. The van der Waals surface area contributed by atoms with Gasteiger partial charge in [0.05, 0.1) is 0 Å². The van der Waals surface area contributed by atoms with Crippen LogP contribution in [-0.2, 0) is 6.42 Å². The smallest absolute Gasteiger partial charge is 0.0408 e. The second kappa shape index (κ2) is 6.27. The molecule has 1 heterocycles. The van der Waals surface area contributed by atoms with E-state index < -0.39 is 0 Å². The van der Waals surface area contributed by atoms with Crippen LogP contribution in [0.25, 0.3) is 0 Å². The van der Waals surface area contributed by atoms with Crippen molar-refractivity contribution in [2.45, 2.75) is 44.6 Å². The van der Waals surface area contributed by atoms with E-state index in [-0.39, 0.29) is 0 Å². The Hall–Kier alpha value is -0.530. The number of hydrogen-bond donors (Lipinski definition) is 1. The molecule has 16 heavy (non-hydrogen) atoms. The van der Waals surface area contributed by atoms with Gasteiger partial charge in [-0.25, -0.2) is 0 Å².